The molecule has 6 nitrogen and oxygen atoms in total. The highest BCUT2D eigenvalue weighted by Crippen LogP contribution is 2.46. The van der Waals surface area contributed by atoms with Gasteiger partial charge in [-0.2, -0.15) is 0 Å². The molecule has 3 heterocycles. The summed E-state index contributed by atoms with van der Waals surface area (Å²) in [4.78, 5) is 19.7. The number of rotatable bonds is 1. The van der Waals surface area contributed by atoms with Gasteiger partial charge in [0, 0.05) is 55.9 Å². The second-order valence-corrected chi connectivity index (χ2v) is 7.42. The maximum absolute atomic E-state index is 11.2. The molecule has 0 atom stereocenters. The lowest BCUT2D eigenvalue weighted by atomic mass is 9.69. The zero-order valence-corrected chi connectivity index (χ0v) is 14.1. The van der Waals surface area contributed by atoms with Gasteiger partial charge in [0.2, 0.25) is 0 Å². The van der Waals surface area contributed by atoms with Crippen molar-refractivity contribution in [1.29, 1.82) is 0 Å². The van der Waals surface area contributed by atoms with Crippen LogP contribution >= 0.6 is 0 Å². The van der Waals surface area contributed by atoms with E-state index < -0.39 is 6.09 Å². The van der Waals surface area contributed by atoms with Gasteiger partial charge in [-0.15, -0.1) is 0 Å². The average Bonchev–Trinajstić information content (AvgIpc) is 2.80. The molecule has 2 fully saturated rings. The van der Waals surface area contributed by atoms with Gasteiger partial charge in [0.15, 0.2) is 0 Å². The van der Waals surface area contributed by atoms with E-state index in [1.165, 1.54) is 31.2 Å². The van der Waals surface area contributed by atoms with E-state index in [9.17, 15) is 9.90 Å². The van der Waals surface area contributed by atoms with Crippen LogP contribution in [0.4, 0.5) is 10.6 Å². The van der Waals surface area contributed by atoms with Gasteiger partial charge in [-0.05, 0) is 38.2 Å². The maximum Gasteiger partial charge on any atom is 0.407 e. The second-order valence-electron chi connectivity index (χ2n) is 7.42. The SMILES string of the molecule is O=C(O)N1CCCN(C2CCC3(CC2)CNc2ncccc23)CC1. The van der Waals surface area contributed by atoms with Crippen LogP contribution in [0.15, 0.2) is 18.3 Å². The number of nitrogens with zero attached hydrogens (tertiary/aromatic N) is 3. The first-order chi connectivity index (χ1) is 11.7. The highest BCUT2D eigenvalue weighted by Gasteiger charge is 2.43. The van der Waals surface area contributed by atoms with Crippen molar-refractivity contribution in [3.05, 3.63) is 23.9 Å². The Morgan fingerprint density at radius 3 is 2.88 bits per heavy atom. The zero-order chi connectivity index (χ0) is 16.6. The molecule has 1 aromatic heterocycles. The first-order valence-corrected chi connectivity index (χ1v) is 9.09. The minimum atomic E-state index is -0.777. The van der Waals surface area contributed by atoms with Crippen LogP contribution in [0, 0.1) is 0 Å². The highest BCUT2D eigenvalue weighted by atomic mass is 16.4. The molecule has 1 spiro atoms. The molecule has 1 saturated carbocycles. The fourth-order valence-corrected chi connectivity index (χ4v) is 4.78. The molecule has 1 aromatic rings. The maximum atomic E-state index is 11.2. The minimum Gasteiger partial charge on any atom is -0.465 e. The fraction of sp³-hybridized carbons (Fsp3) is 0.667. The van der Waals surface area contributed by atoms with Crippen molar-refractivity contribution < 1.29 is 9.90 Å². The molecule has 1 saturated heterocycles. The van der Waals surface area contributed by atoms with E-state index in [4.69, 9.17) is 0 Å². The Morgan fingerprint density at radius 1 is 1.25 bits per heavy atom. The van der Waals surface area contributed by atoms with Gasteiger partial charge in [0.1, 0.15) is 5.82 Å². The third-order valence-electron chi connectivity index (χ3n) is 6.20. The van der Waals surface area contributed by atoms with E-state index in [1.54, 1.807) is 4.90 Å². The molecule has 0 bridgehead atoms. The Hall–Kier alpha value is -1.82. The lowest BCUT2D eigenvalue weighted by Gasteiger charge is -2.41. The Balaban J connectivity index is 1.39. The number of anilines is 1. The standard InChI is InChI=1S/C18H26N4O2/c23-17(24)22-10-2-9-21(11-12-22)14-4-6-18(7-5-14)13-20-16-15(18)3-1-8-19-16/h1,3,8,14H,2,4-7,9-13H2,(H,19,20)(H,23,24). The lowest BCUT2D eigenvalue weighted by molar-refractivity contribution is 0.125. The molecule has 2 N–H and O–H groups in total. The Kier molecular flexibility index (Phi) is 4.08. The number of fused-ring (bicyclic) bond motifs is 2. The van der Waals surface area contributed by atoms with Crippen molar-refractivity contribution in [3.63, 3.8) is 0 Å². The van der Waals surface area contributed by atoms with Crippen molar-refractivity contribution in [2.24, 2.45) is 0 Å². The number of carboxylic acid groups (broad SMARTS) is 1. The van der Waals surface area contributed by atoms with Gasteiger partial charge in [-0.3, -0.25) is 4.90 Å². The second kappa shape index (κ2) is 6.24. The Bertz CT molecular complexity index is 613. The minimum absolute atomic E-state index is 0.263. The lowest BCUT2D eigenvalue weighted by Crippen LogP contribution is -2.44. The molecule has 0 aromatic carbocycles. The molecule has 4 rings (SSSR count). The number of pyridine rings is 1. The molecule has 0 unspecified atom stereocenters. The van der Waals surface area contributed by atoms with Crippen LogP contribution in [-0.4, -0.2) is 64.7 Å². The highest BCUT2D eigenvalue weighted by molar-refractivity contribution is 5.64. The summed E-state index contributed by atoms with van der Waals surface area (Å²) < 4.78 is 0. The molecule has 2 aliphatic heterocycles. The van der Waals surface area contributed by atoms with E-state index >= 15 is 0 Å². The molecular formula is C18H26N4O2. The van der Waals surface area contributed by atoms with Crippen LogP contribution < -0.4 is 5.32 Å². The van der Waals surface area contributed by atoms with Crippen molar-refractivity contribution in [3.8, 4) is 0 Å². The normalized spacial score (nSPS) is 30.7. The number of hydrogen-bond donors (Lipinski definition) is 2. The first kappa shape index (κ1) is 15.7. The summed E-state index contributed by atoms with van der Waals surface area (Å²) in [6.45, 7) is 4.23. The van der Waals surface area contributed by atoms with Crippen molar-refractivity contribution in [2.75, 3.05) is 38.0 Å². The van der Waals surface area contributed by atoms with Crippen LogP contribution in [0.2, 0.25) is 0 Å². The molecule has 1 amide bonds. The summed E-state index contributed by atoms with van der Waals surface area (Å²) in [7, 11) is 0. The van der Waals surface area contributed by atoms with Gasteiger partial charge in [0.25, 0.3) is 0 Å². The average molecular weight is 330 g/mol. The number of amides is 1. The van der Waals surface area contributed by atoms with E-state index in [0.717, 1.165) is 31.9 Å². The number of aromatic nitrogens is 1. The largest absolute Gasteiger partial charge is 0.465 e. The summed E-state index contributed by atoms with van der Waals surface area (Å²) in [6.07, 6.45) is 6.82. The zero-order valence-electron chi connectivity index (χ0n) is 14.1. The third-order valence-corrected chi connectivity index (χ3v) is 6.20. The van der Waals surface area contributed by atoms with E-state index in [1.807, 2.05) is 6.20 Å². The van der Waals surface area contributed by atoms with Crippen LogP contribution in [0.25, 0.3) is 0 Å². The topological polar surface area (TPSA) is 68.7 Å². The molecule has 1 aliphatic carbocycles. The summed E-state index contributed by atoms with van der Waals surface area (Å²) >= 11 is 0. The predicted octanol–water partition coefficient (Wildman–Crippen LogP) is 2.37. The first-order valence-electron chi connectivity index (χ1n) is 9.09. The number of nitrogens with one attached hydrogen (secondary N) is 1. The van der Waals surface area contributed by atoms with Crippen molar-refractivity contribution in [2.45, 2.75) is 43.6 Å². The molecule has 0 radical (unpaired) electrons. The molecule has 6 heteroatoms. The van der Waals surface area contributed by atoms with Gasteiger partial charge < -0.3 is 15.3 Å². The van der Waals surface area contributed by atoms with E-state index in [0.29, 0.717) is 19.1 Å². The summed E-state index contributed by atoms with van der Waals surface area (Å²) in [5.41, 5.74) is 1.66. The van der Waals surface area contributed by atoms with E-state index in [-0.39, 0.29) is 5.41 Å². The molecular weight excluding hydrogens is 304 g/mol. The summed E-state index contributed by atoms with van der Waals surface area (Å²) in [5.74, 6) is 1.07. The number of carbonyl (C=O) groups is 1. The van der Waals surface area contributed by atoms with Crippen molar-refractivity contribution in [1.82, 2.24) is 14.8 Å². The van der Waals surface area contributed by atoms with Gasteiger partial charge in [0.05, 0.1) is 0 Å². The van der Waals surface area contributed by atoms with E-state index in [2.05, 4.69) is 27.3 Å². The predicted molar refractivity (Wildman–Crippen MR) is 92.4 cm³/mol. The quantitative estimate of drug-likeness (QED) is 0.827. The monoisotopic (exact) mass is 330 g/mol. The van der Waals surface area contributed by atoms with Crippen LogP contribution in [0.5, 0.6) is 0 Å². The summed E-state index contributed by atoms with van der Waals surface area (Å²) in [6, 6.07) is 4.89. The summed E-state index contributed by atoms with van der Waals surface area (Å²) in [5, 5.41) is 12.7. The Labute approximate surface area is 142 Å². The molecule has 24 heavy (non-hydrogen) atoms. The fourth-order valence-electron chi connectivity index (χ4n) is 4.78. The van der Waals surface area contributed by atoms with Gasteiger partial charge in [-0.1, -0.05) is 6.07 Å². The van der Waals surface area contributed by atoms with Crippen LogP contribution in [0.1, 0.15) is 37.7 Å². The van der Waals surface area contributed by atoms with Crippen LogP contribution in [-0.2, 0) is 5.41 Å². The Morgan fingerprint density at radius 2 is 2.08 bits per heavy atom. The third kappa shape index (κ3) is 2.73. The van der Waals surface area contributed by atoms with Crippen molar-refractivity contribution >= 4 is 11.9 Å². The molecule has 3 aliphatic rings. The van der Waals surface area contributed by atoms with Crippen LogP contribution in [0.3, 0.4) is 0 Å². The van der Waals surface area contributed by atoms with Gasteiger partial charge in [-0.25, -0.2) is 9.78 Å². The van der Waals surface area contributed by atoms with Gasteiger partial charge >= 0.3 is 6.09 Å². The molecule has 130 valence electrons. The smallest absolute Gasteiger partial charge is 0.407 e. The number of hydrogen-bond acceptors (Lipinski definition) is 4.